The molecule has 3 N–H and O–H groups in total. The van der Waals surface area contributed by atoms with Crippen LogP contribution in [0.3, 0.4) is 0 Å². The molecule has 0 aliphatic heterocycles. The summed E-state index contributed by atoms with van der Waals surface area (Å²) >= 11 is 9.05. The third kappa shape index (κ3) is 2.20. The topological polar surface area (TPSA) is 46.2 Å². The largest absolute Gasteiger partial charge is 0.394 e. The van der Waals surface area contributed by atoms with E-state index in [1.165, 1.54) is 0 Å². The number of halogens is 2. The Bertz CT molecular complexity index is 280. The van der Waals surface area contributed by atoms with E-state index in [-0.39, 0.29) is 12.6 Å². The highest BCUT2D eigenvalue weighted by atomic mass is 79.9. The maximum atomic E-state index is 8.78. The van der Waals surface area contributed by atoms with Gasteiger partial charge in [-0.3, -0.25) is 0 Å². The lowest BCUT2D eigenvalue weighted by molar-refractivity contribution is 0.268. The summed E-state index contributed by atoms with van der Waals surface area (Å²) in [7, 11) is 0. The lowest BCUT2D eigenvalue weighted by Gasteiger charge is -2.08. The Kier molecular flexibility index (Phi) is 3.53. The van der Waals surface area contributed by atoms with Gasteiger partial charge in [-0.25, -0.2) is 0 Å². The van der Waals surface area contributed by atoms with E-state index in [1.54, 1.807) is 12.1 Å². The number of rotatable bonds is 2. The molecule has 0 heterocycles. The van der Waals surface area contributed by atoms with Crippen LogP contribution in [0.4, 0.5) is 0 Å². The molecular formula is C8H9BrClNO. The lowest BCUT2D eigenvalue weighted by Crippen LogP contribution is -2.14. The molecule has 2 nitrogen and oxygen atoms in total. The molecule has 0 aliphatic rings. The summed E-state index contributed by atoms with van der Waals surface area (Å²) in [5, 5.41) is 9.42. The number of aliphatic hydroxyl groups excluding tert-OH is 1. The fraction of sp³-hybridized carbons (Fsp3) is 0.250. The van der Waals surface area contributed by atoms with Gasteiger partial charge in [0.1, 0.15) is 0 Å². The number of aliphatic hydroxyl groups is 1. The molecule has 0 amide bonds. The van der Waals surface area contributed by atoms with Crippen molar-refractivity contribution in [3.63, 3.8) is 0 Å². The van der Waals surface area contributed by atoms with Gasteiger partial charge in [-0.2, -0.15) is 0 Å². The van der Waals surface area contributed by atoms with Crippen LogP contribution in [0.15, 0.2) is 22.7 Å². The predicted octanol–water partition coefficient (Wildman–Crippen LogP) is 2.09. The van der Waals surface area contributed by atoms with Gasteiger partial charge in [0.25, 0.3) is 0 Å². The van der Waals surface area contributed by atoms with E-state index >= 15 is 0 Å². The monoisotopic (exact) mass is 249 g/mol. The smallest absolute Gasteiger partial charge is 0.0624 e. The van der Waals surface area contributed by atoms with Crippen molar-refractivity contribution in [2.24, 2.45) is 5.73 Å². The highest BCUT2D eigenvalue weighted by Gasteiger charge is 2.05. The minimum Gasteiger partial charge on any atom is -0.394 e. The number of hydrogen-bond acceptors (Lipinski definition) is 2. The summed E-state index contributed by atoms with van der Waals surface area (Å²) < 4.78 is 0.797. The summed E-state index contributed by atoms with van der Waals surface area (Å²) in [5.41, 5.74) is 6.47. The quantitative estimate of drug-likeness (QED) is 0.844. The minimum absolute atomic E-state index is 0.0614. The molecule has 12 heavy (non-hydrogen) atoms. The molecule has 0 fully saturated rings. The maximum Gasteiger partial charge on any atom is 0.0624 e. The van der Waals surface area contributed by atoms with Gasteiger partial charge in [0.05, 0.1) is 17.7 Å². The van der Waals surface area contributed by atoms with Crippen molar-refractivity contribution in [1.82, 2.24) is 0 Å². The van der Waals surface area contributed by atoms with E-state index in [0.717, 1.165) is 10.0 Å². The van der Waals surface area contributed by atoms with Crippen molar-refractivity contribution in [2.45, 2.75) is 6.04 Å². The molecule has 0 saturated carbocycles. The molecule has 4 heteroatoms. The van der Waals surface area contributed by atoms with Gasteiger partial charge in [0, 0.05) is 4.47 Å². The zero-order valence-corrected chi connectivity index (χ0v) is 8.64. The first-order valence-corrected chi connectivity index (χ1v) is 4.63. The van der Waals surface area contributed by atoms with Crippen molar-refractivity contribution in [3.05, 3.63) is 33.3 Å². The molecule has 0 spiro atoms. The van der Waals surface area contributed by atoms with Crippen LogP contribution in [0.25, 0.3) is 0 Å². The Hall–Kier alpha value is -0.0900. The Morgan fingerprint density at radius 3 is 2.75 bits per heavy atom. The van der Waals surface area contributed by atoms with Crippen LogP contribution in [0.5, 0.6) is 0 Å². The number of nitrogens with two attached hydrogens (primary N) is 1. The first-order valence-electron chi connectivity index (χ1n) is 3.46. The summed E-state index contributed by atoms with van der Waals surface area (Å²) in [6.07, 6.45) is 0. The highest BCUT2D eigenvalue weighted by molar-refractivity contribution is 9.10. The van der Waals surface area contributed by atoms with Crippen LogP contribution >= 0.6 is 27.5 Å². The second kappa shape index (κ2) is 4.23. The summed E-state index contributed by atoms with van der Waals surface area (Å²) in [4.78, 5) is 0. The Labute approximate surface area is 84.5 Å². The molecule has 0 aliphatic carbocycles. The SMILES string of the molecule is N[C@@H](CO)c1ccc(Cl)c(Br)c1. The Morgan fingerprint density at radius 2 is 2.25 bits per heavy atom. The van der Waals surface area contributed by atoms with Crippen LogP contribution in [0.1, 0.15) is 11.6 Å². The van der Waals surface area contributed by atoms with Crippen LogP contribution in [0, 0.1) is 0 Å². The molecule has 1 aromatic carbocycles. The van der Waals surface area contributed by atoms with Gasteiger partial charge < -0.3 is 10.8 Å². The second-order valence-electron chi connectivity index (χ2n) is 2.46. The molecule has 0 saturated heterocycles. The van der Waals surface area contributed by atoms with Crippen LogP contribution in [-0.2, 0) is 0 Å². The first kappa shape index (κ1) is 9.99. The summed E-state index contributed by atoms with van der Waals surface area (Å²) in [6, 6.07) is 5.02. The van der Waals surface area contributed by atoms with E-state index < -0.39 is 0 Å². The zero-order chi connectivity index (χ0) is 9.14. The van der Waals surface area contributed by atoms with Gasteiger partial charge in [0.2, 0.25) is 0 Å². The molecule has 1 atom stereocenters. The summed E-state index contributed by atoms with van der Waals surface area (Å²) in [5.74, 6) is 0. The average molecular weight is 251 g/mol. The van der Waals surface area contributed by atoms with Crippen molar-refractivity contribution < 1.29 is 5.11 Å². The zero-order valence-electron chi connectivity index (χ0n) is 6.30. The normalized spacial score (nSPS) is 13.0. The van der Waals surface area contributed by atoms with Gasteiger partial charge in [0.15, 0.2) is 0 Å². The average Bonchev–Trinajstić information content (AvgIpc) is 2.08. The number of hydrogen-bond donors (Lipinski definition) is 2. The van der Waals surface area contributed by atoms with Crippen LogP contribution in [0.2, 0.25) is 5.02 Å². The third-order valence-corrected chi connectivity index (χ3v) is 2.78. The predicted molar refractivity (Wildman–Crippen MR) is 53.2 cm³/mol. The third-order valence-electron chi connectivity index (χ3n) is 1.57. The van der Waals surface area contributed by atoms with E-state index in [0.29, 0.717) is 5.02 Å². The Balaban J connectivity index is 2.96. The number of benzene rings is 1. The van der Waals surface area contributed by atoms with Crippen molar-refractivity contribution in [1.29, 1.82) is 0 Å². The van der Waals surface area contributed by atoms with E-state index in [9.17, 15) is 0 Å². The lowest BCUT2D eigenvalue weighted by atomic mass is 10.1. The van der Waals surface area contributed by atoms with Gasteiger partial charge >= 0.3 is 0 Å². The van der Waals surface area contributed by atoms with Crippen LogP contribution < -0.4 is 5.73 Å². The molecule has 0 bridgehead atoms. The fourth-order valence-corrected chi connectivity index (χ4v) is 1.36. The van der Waals surface area contributed by atoms with Gasteiger partial charge in [-0.15, -0.1) is 0 Å². The molecule has 0 radical (unpaired) electrons. The van der Waals surface area contributed by atoms with E-state index in [4.69, 9.17) is 22.4 Å². The molecule has 1 aromatic rings. The van der Waals surface area contributed by atoms with Gasteiger partial charge in [-0.1, -0.05) is 17.7 Å². The van der Waals surface area contributed by atoms with E-state index in [2.05, 4.69) is 15.9 Å². The van der Waals surface area contributed by atoms with Crippen LogP contribution in [-0.4, -0.2) is 11.7 Å². The first-order chi connectivity index (χ1) is 5.65. The maximum absolute atomic E-state index is 8.78. The molecule has 66 valence electrons. The highest BCUT2D eigenvalue weighted by Crippen LogP contribution is 2.25. The molecular weight excluding hydrogens is 241 g/mol. The minimum atomic E-state index is -0.335. The van der Waals surface area contributed by atoms with Crippen molar-refractivity contribution in [3.8, 4) is 0 Å². The van der Waals surface area contributed by atoms with Gasteiger partial charge in [-0.05, 0) is 33.6 Å². The summed E-state index contributed by atoms with van der Waals surface area (Å²) in [6.45, 7) is -0.0614. The van der Waals surface area contributed by atoms with Crippen molar-refractivity contribution >= 4 is 27.5 Å². The Morgan fingerprint density at radius 1 is 1.58 bits per heavy atom. The molecule has 1 rings (SSSR count). The molecule has 0 unspecified atom stereocenters. The second-order valence-corrected chi connectivity index (χ2v) is 3.72. The van der Waals surface area contributed by atoms with Crippen molar-refractivity contribution in [2.75, 3.05) is 6.61 Å². The van der Waals surface area contributed by atoms with E-state index in [1.807, 2.05) is 6.07 Å². The molecule has 0 aromatic heterocycles. The fourth-order valence-electron chi connectivity index (χ4n) is 0.848. The standard InChI is InChI=1S/C8H9BrClNO/c9-6-3-5(8(11)4-12)1-2-7(6)10/h1-3,8,12H,4,11H2/t8-/m0/s1.